The highest BCUT2D eigenvalue weighted by Gasteiger charge is 2.61. The molecule has 0 aromatic rings. The second kappa shape index (κ2) is 6.59. The van der Waals surface area contributed by atoms with Gasteiger partial charge in [0.05, 0.1) is 0 Å². The van der Waals surface area contributed by atoms with Gasteiger partial charge in [0.2, 0.25) is 5.91 Å². The number of ketones is 1. The highest BCUT2D eigenvalue weighted by atomic mass is 16.4. The summed E-state index contributed by atoms with van der Waals surface area (Å²) in [6.45, 7) is 4.44. The molecule has 0 saturated heterocycles. The van der Waals surface area contributed by atoms with Crippen molar-refractivity contribution < 1.29 is 19.5 Å². The van der Waals surface area contributed by atoms with E-state index in [0.717, 1.165) is 51.4 Å². The van der Waals surface area contributed by atoms with Gasteiger partial charge in [0.15, 0.2) is 0 Å². The molecule has 0 aromatic carbocycles. The number of carboxylic acids is 1. The van der Waals surface area contributed by atoms with Crippen molar-refractivity contribution in [2.45, 2.75) is 71.6 Å². The van der Waals surface area contributed by atoms with E-state index >= 15 is 0 Å². The molecular formula is C22H33NO4. The Labute approximate surface area is 161 Å². The maximum absolute atomic E-state index is 12.7. The summed E-state index contributed by atoms with van der Waals surface area (Å²) in [6.07, 6.45) is 9.11. The van der Waals surface area contributed by atoms with Gasteiger partial charge in [-0.2, -0.15) is 0 Å². The molecule has 7 unspecified atom stereocenters. The fourth-order valence-electron chi connectivity index (χ4n) is 7.76. The molecule has 7 atom stereocenters. The number of Topliss-reactive ketones (excluding diaryl/α,β-unsaturated/α-hetero) is 1. The molecule has 1 amide bonds. The molecule has 150 valence electrons. The van der Waals surface area contributed by atoms with Crippen molar-refractivity contribution in [1.29, 1.82) is 0 Å². The fourth-order valence-corrected chi connectivity index (χ4v) is 7.76. The number of carbonyl (C=O) groups is 3. The molecule has 0 heterocycles. The van der Waals surface area contributed by atoms with Crippen molar-refractivity contribution in [3.05, 3.63) is 0 Å². The van der Waals surface area contributed by atoms with Gasteiger partial charge in [-0.1, -0.05) is 13.8 Å². The Morgan fingerprint density at radius 1 is 1.04 bits per heavy atom. The van der Waals surface area contributed by atoms with Crippen LogP contribution < -0.4 is 5.32 Å². The molecule has 5 heteroatoms. The first kappa shape index (κ1) is 18.9. The summed E-state index contributed by atoms with van der Waals surface area (Å²) in [5.74, 6) is 1.81. The average molecular weight is 376 g/mol. The van der Waals surface area contributed by atoms with Gasteiger partial charge in [-0.25, -0.2) is 0 Å². The number of amides is 1. The first-order chi connectivity index (χ1) is 12.8. The maximum Gasteiger partial charge on any atom is 0.322 e. The SMILES string of the molecule is CC12CCC(=O)CC1CCC1C2CCC2(C)C(C(=O)NCC(=O)O)CCC12. The van der Waals surface area contributed by atoms with E-state index in [1.54, 1.807) is 0 Å². The topological polar surface area (TPSA) is 83.5 Å². The van der Waals surface area contributed by atoms with Gasteiger partial charge in [0, 0.05) is 18.8 Å². The molecule has 0 bridgehead atoms. The third-order valence-electron chi connectivity index (χ3n) is 9.21. The van der Waals surface area contributed by atoms with Crippen LogP contribution in [0.15, 0.2) is 0 Å². The zero-order valence-corrected chi connectivity index (χ0v) is 16.6. The van der Waals surface area contributed by atoms with Crippen LogP contribution in [0, 0.1) is 40.4 Å². The molecule has 4 aliphatic rings. The molecule has 2 N–H and O–H groups in total. The number of aliphatic carboxylic acids is 1. The van der Waals surface area contributed by atoms with E-state index in [1.165, 1.54) is 6.42 Å². The van der Waals surface area contributed by atoms with Gasteiger partial charge in [-0.3, -0.25) is 14.4 Å². The van der Waals surface area contributed by atoms with E-state index in [4.69, 9.17) is 5.11 Å². The van der Waals surface area contributed by atoms with E-state index in [2.05, 4.69) is 19.2 Å². The van der Waals surface area contributed by atoms with Crippen LogP contribution in [-0.2, 0) is 14.4 Å². The summed E-state index contributed by atoms with van der Waals surface area (Å²) in [4.78, 5) is 35.5. The number of rotatable bonds is 3. The Bertz CT molecular complexity index is 661. The minimum Gasteiger partial charge on any atom is -0.480 e. The Kier molecular flexibility index (Phi) is 4.63. The molecule has 27 heavy (non-hydrogen) atoms. The van der Waals surface area contributed by atoms with Crippen LogP contribution in [0.5, 0.6) is 0 Å². The van der Waals surface area contributed by atoms with Gasteiger partial charge in [0.1, 0.15) is 12.3 Å². The van der Waals surface area contributed by atoms with Crippen LogP contribution in [0.25, 0.3) is 0 Å². The predicted molar refractivity (Wildman–Crippen MR) is 101 cm³/mol. The second-order valence-electron chi connectivity index (χ2n) is 10.2. The standard InChI is InChI=1S/C22H33NO4/c1-21-9-7-14(24)11-13(21)3-4-15-16-5-6-18(20(27)23-12-19(25)26)22(16,2)10-8-17(15)21/h13,15-18H,3-12H2,1-2H3,(H,23,27)(H,25,26). The minimum absolute atomic E-state index is 0.00254. The lowest BCUT2D eigenvalue weighted by Gasteiger charge is -2.60. The Morgan fingerprint density at radius 2 is 1.78 bits per heavy atom. The first-order valence-corrected chi connectivity index (χ1v) is 10.8. The molecule has 0 aromatic heterocycles. The number of hydrogen-bond donors (Lipinski definition) is 2. The Balaban J connectivity index is 1.53. The lowest BCUT2D eigenvalue weighted by atomic mass is 9.45. The third-order valence-corrected chi connectivity index (χ3v) is 9.21. The van der Waals surface area contributed by atoms with E-state index in [-0.39, 0.29) is 23.8 Å². The molecule has 4 aliphatic carbocycles. The highest BCUT2D eigenvalue weighted by molar-refractivity contribution is 5.83. The van der Waals surface area contributed by atoms with Gasteiger partial charge in [-0.05, 0) is 79.4 Å². The smallest absolute Gasteiger partial charge is 0.322 e. The summed E-state index contributed by atoms with van der Waals surface area (Å²) >= 11 is 0. The lowest BCUT2D eigenvalue weighted by molar-refractivity contribution is -0.145. The lowest BCUT2D eigenvalue weighted by Crippen LogP contribution is -2.54. The van der Waals surface area contributed by atoms with Crippen molar-refractivity contribution in [1.82, 2.24) is 5.32 Å². The molecule has 0 aliphatic heterocycles. The highest BCUT2D eigenvalue weighted by Crippen LogP contribution is 2.67. The molecule has 0 spiro atoms. The number of fused-ring (bicyclic) bond motifs is 5. The first-order valence-electron chi connectivity index (χ1n) is 10.8. The molecule has 4 rings (SSSR count). The molecule has 5 nitrogen and oxygen atoms in total. The molecule has 0 radical (unpaired) electrons. The van der Waals surface area contributed by atoms with Gasteiger partial charge >= 0.3 is 5.97 Å². The van der Waals surface area contributed by atoms with Crippen LogP contribution >= 0.6 is 0 Å². The van der Waals surface area contributed by atoms with Crippen LogP contribution in [0.2, 0.25) is 0 Å². The van der Waals surface area contributed by atoms with Crippen molar-refractivity contribution in [2.75, 3.05) is 6.54 Å². The van der Waals surface area contributed by atoms with Crippen LogP contribution in [0.3, 0.4) is 0 Å². The molecule has 4 saturated carbocycles. The van der Waals surface area contributed by atoms with E-state index in [0.29, 0.717) is 34.9 Å². The average Bonchev–Trinajstić information content (AvgIpc) is 2.97. The van der Waals surface area contributed by atoms with Crippen LogP contribution in [0.4, 0.5) is 0 Å². The summed E-state index contributed by atoms with van der Waals surface area (Å²) < 4.78 is 0. The quantitative estimate of drug-likeness (QED) is 0.792. The largest absolute Gasteiger partial charge is 0.480 e. The van der Waals surface area contributed by atoms with Gasteiger partial charge in [-0.15, -0.1) is 0 Å². The Morgan fingerprint density at radius 3 is 2.52 bits per heavy atom. The number of nitrogens with one attached hydrogen (secondary N) is 1. The summed E-state index contributed by atoms with van der Waals surface area (Å²) in [6, 6.07) is 0. The van der Waals surface area contributed by atoms with Crippen molar-refractivity contribution in [3.63, 3.8) is 0 Å². The normalized spacial score (nSPS) is 46.1. The summed E-state index contributed by atoms with van der Waals surface area (Å²) in [5, 5.41) is 11.5. The van der Waals surface area contributed by atoms with Crippen molar-refractivity contribution in [2.24, 2.45) is 40.4 Å². The maximum atomic E-state index is 12.7. The molecule has 4 fully saturated rings. The fraction of sp³-hybridized carbons (Fsp3) is 0.864. The van der Waals surface area contributed by atoms with Crippen LogP contribution in [-0.4, -0.2) is 29.3 Å². The summed E-state index contributed by atoms with van der Waals surface area (Å²) in [7, 11) is 0. The predicted octanol–water partition coefficient (Wildman–Crippen LogP) is 3.42. The third kappa shape index (κ3) is 2.92. The number of hydrogen-bond acceptors (Lipinski definition) is 3. The summed E-state index contributed by atoms with van der Waals surface area (Å²) in [5.41, 5.74) is 0.291. The Hall–Kier alpha value is -1.39. The van der Waals surface area contributed by atoms with Crippen molar-refractivity contribution >= 4 is 17.7 Å². The van der Waals surface area contributed by atoms with E-state index in [9.17, 15) is 14.4 Å². The van der Waals surface area contributed by atoms with Gasteiger partial charge in [0.25, 0.3) is 0 Å². The van der Waals surface area contributed by atoms with E-state index < -0.39 is 5.97 Å². The van der Waals surface area contributed by atoms with E-state index in [1.807, 2.05) is 0 Å². The second-order valence-corrected chi connectivity index (χ2v) is 10.2. The van der Waals surface area contributed by atoms with Crippen molar-refractivity contribution in [3.8, 4) is 0 Å². The monoisotopic (exact) mass is 375 g/mol. The zero-order valence-electron chi connectivity index (χ0n) is 16.6. The molecular weight excluding hydrogens is 342 g/mol. The van der Waals surface area contributed by atoms with Crippen LogP contribution in [0.1, 0.15) is 71.6 Å². The zero-order chi connectivity index (χ0) is 19.4. The minimum atomic E-state index is -0.982. The number of carboxylic acid groups (broad SMARTS) is 1. The number of carbonyl (C=O) groups excluding carboxylic acids is 2. The van der Waals surface area contributed by atoms with Gasteiger partial charge < -0.3 is 10.4 Å².